The molecule has 2 aliphatic heterocycles. The van der Waals surface area contributed by atoms with Gasteiger partial charge >= 0.3 is 0 Å². The van der Waals surface area contributed by atoms with Crippen molar-refractivity contribution >= 4 is 5.91 Å². The third-order valence-corrected chi connectivity index (χ3v) is 5.29. The minimum atomic E-state index is -0.0108. The van der Waals surface area contributed by atoms with Crippen LogP contribution in [0.1, 0.15) is 23.3 Å². The van der Waals surface area contributed by atoms with E-state index in [1.807, 2.05) is 11.9 Å². The largest absolute Gasteiger partial charge is 0.380 e. The number of hydrogen-bond donors (Lipinski definition) is 0. The maximum Gasteiger partial charge on any atom is 0.272 e. The van der Waals surface area contributed by atoms with Crippen molar-refractivity contribution in [2.75, 3.05) is 39.5 Å². The fraction of sp³-hybridized carbons (Fsp3) is 0.750. The lowest BCUT2D eigenvalue weighted by atomic mass is 9.82. The van der Waals surface area contributed by atoms with E-state index >= 15 is 0 Å². The molecule has 0 aromatic carbocycles. The molecule has 3 fully saturated rings. The Bertz CT molecular complexity index is 569. The first kappa shape index (κ1) is 14.2. The lowest BCUT2D eigenvalue weighted by Crippen LogP contribution is -2.38. The van der Waals surface area contributed by atoms with Gasteiger partial charge in [0.25, 0.3) is 5.91 Å². The summed E-state index contributed by atoms with van der Waals surface area (Å²) in [5, 5.41) is 4.09. The number of hydrogen-bond acceptors (Lipinski definition) is 4. The van der Waals surface area contributed by atoms with Crippen LogP contribution in [0, 0.1) is 17.3 Å². The van der Waals surface area contributed by atoms with Crippen molar-refractivity contribution in [1.29, 1.82) is 0 Å². The summed E-state index contributed by atoms with van der Waals surface area (Å²) < 4.78 is 13.3. The van der Waals surface area contributed by atoms with E-state index in [-0.39, 0.29) is 11.3 Å². The number of likely N-dealkylation sites (tertiary alicyclic amines) is 1. The van der Waals surface area contributed by atoms with Gasteiger partial charge in [-0.2, -0.15) is 5.10 Å². The molecule has 120 valence electrons. The van der Waals surface area contributed by atoms with Crippen molar-refractivity contribution in [3.05, 3.63) is 18.0 Å². The summed E-state index contributed by atoms with van der Waals surface area (Å²) in [4.78, 5) is 14.6. The van der Waals surface area contributed by atoms with E-state index in [1.165, 1.54) is 12.8 Å². The highest BCUT2D eigenvalue weighted by Gasteiger charge is 2.52. The molecule has 6 nitrogen and oxygen atoms in total. The van der Waals surface area contributed by atoms with Gasteiger partial charge in [0.15, 0.2) is 0 Å². The first-order valence-corrected chi connectivity index (χ1v) is 8.11. The van der Waals surface area contributed by atoms with Crippen molar-refractivity contribution in [3.8, 4) is 0 Å². The summed E-state index contributed by atoms with van der Waals surface area (Å²) in [5.41, 5.74) is 0.637. The van der Waals surface area contributed by atoms with Gasteiger partial charge in [-0.15, -0.1) is 0 Å². The molecule has 4 rings (SSSR count). The number of aromatic nitrogens is 2. The van der Waals surface area contributed by atoms with E-state index in [4.69, 9.17) is 9.47 Å². The maximum atomic E-state index is 12.7. The number of rotatable bonds is 5. The lowest BCUT2D eigenvalue weighted by molar-refractivity contribution is 0.0222. The Balaban J connectivity index is 1.44. The van der Waals surface area contributed by atoms with E-state index in [9.17, 15) is 4.79 Å². The molecule has 1 amide bonds. The van der Waals surface area contributed by atoms with Gasteiger partial charge < -0.3 is 14.4 Å². The fourth-order valence-electron chi connectivity index (χ4n) is 3.65. The van der Waals surface area contributed by atoms with Crippen molar-refractivity contribution in [2.45, 2.75) is 12.8 Å². The van der Waals surface area contributed by atoms with E-state index in [0.717, 1.165) is 32.2 Å². The van der Waals surface area contributed by atoms with Crippen LogP contribution in [0.3, 0.4) is 0 Å². The highest BCUT2D eigenvalue weighted by molar-refractivity contribution is 5.92. The van der Waals surface area contributed by atoms with Crippen LogP contribution in [-0.2, 0) is 16.5 Å². The molecule has 1 saturated carbocycles. The normalized spacial score (nSPS) is 30.8. The summed E-state index contributed by atoms with van der Waals surface area (Å²) in [6, 6.07) is 1.78. The summed E-state index contributed by atoms with van der Waals surface area (Å²) in [6.45, 7) is 4.51. The molecule has 0 N–H and O–H groups in total. The Labute approximate surface area is 130 Å². The average molecular weight is 305 g/mol. The number of amides is 1. The fourth-order valence-corrected chi connectivity index (χ4v) is 3.65. The summed E-state index contributed by atoms with van der Waals surface area (Å²) >= 11 is 0. The van der Waals surface area contributed by atoms with Crippen molar-refractivity contribution in [3.63, 3.8) is 0 Å². The zero-order valence-electron chi connectivity index (χ0n) is 13.0. The lowest BCUT2D eigenvalue weighted by Gasteiger charge is -2.26. The number of carbonyl (C=O) groups excluding carboxylic acids is 1. The minimum absolute atomic E-state index is 0.0108. The summed E-state index contributed by atoms with van der Waals surface area (Å²) in [5.74, 6) is 1.23. The number of fused-ring (bicyclic) bond motifs is 1. The van der Waals surface area contributed by atoms with Gasteiger partial charge in [0.1, 0.15) is 5.69 Å². The van der Waals surface area contributed by atoms with Crippen LogP contribution in [0.25, 0.3) is 0 Å². The van der Waals surface area contributed by atoms with Crippen LogP contribution in [-0.4, -0.2) is 60.1 Å². The van der Waals surface area contributed by atoms with E-state index < -0.39 is 0 Å². The molecule has 3 heterocycles. The summed E-state index contributed by atoms with van der Waals surface area (Å²) in [6.07, 6.45) is 4.28. The van der Waals surface area contributed by atoms with Crippen molar-refractivity contribution < 1.29 is 14.3 Å². The second-order valence-electron chi connectivity index (χ2n) is 7.06. The highest BCUT2D eigenvalue weighted by Crippen LogP contribution is 2.42. The van der Waals surface area contributed by atoms with Crippen LogP contribution in [0.15, 0.2) is 12.3 Å². The minimum Gasteiger partial charge on any atom is -0.380 e. The van der Waals surface area contributed by atoms with Crippen LogP contribution in [0.5, 0.6) is 0 Å². The molecule has 2 atom stereocenters. The van der Waals surface area contributed by atoms with Crippen molar-refractivity contribution in [1.82, 2.24) is 14.7 Å². The van der Waals surface area contributed by atoms with Crippen LogP contribution >= 0.6 is 0 Å². The van der Waals surface area contributed by atoms with Gasteiger partial charge in [0, 0.05) is 44.3 Å². The SMILES string of the molecule is Cn1nccc1C(=O)N1C[C@@H]2COC[C@]2(COCC2CC2)C1. The molecule has 0 unspecified atom stereocenters. The monoisotopic (exact) mass is 305 g/mol. The Morgan fingerprint density at radius 3 is 3.14 bits per heavy atom. The first-order chi connectivity index (χ1) is 10.7. The molecule has 0 spiro atoms. The van der Waals surface area contributed by atoms with Crippen LogP contribution in [0.2, 0.25) is 0 Å². The van der Waals surface area contributed by atoms with Gasteiger partial charge in [0.05, 0.1) is 19.8 Å². The Morgan fingerprint density at radius 2 is 2.41 bits per heavy atom. The molecule has 2 saturated heterocycles. The van der Waals surface area contributed by atoms with Gasteiger partial charge in [-0.3, -0.25) is 9.48 Å². The summed E-state index contributed by atoms with van der Waals surface area (Å²) in [7, 11) is 1.81. The zero-order valence-corrected chi connectivity index (χ0v) is 13.0. The number of aryl methyl sites for hydroxylation is 1. The van der Waals surface area contributed by atoms with Gasteiger partial charge in [-0.25, -0.2) is 0 Å². The predicted molar refractivity (Wildman–Crippen MR) is 79.4 cm³/mol. The third kappa shape index (κ3) is 2.44. The average Bonchev–Trinajstić information content (AvgIpc) is 2.91. The molecular weight excluding hydrogens is 282 g/mol. The smallest absolute Gasteiger partial charge is 0.272 e. The Kier molecular flexibility index (Phi) is 3.46. The highest BCUT2D eigenvalue weighted by atomic mass is 16.5. The standard InChI is InChI=1S/C16H23N3O3/c1-18-14(4-5-17-18)15(20)19-6-13-8-22-11-16(13,9-19)10-21-7-12-2-3-12/h4-5,12-13H,2-3,6-11H2,1H3/t13-,16-/m1/s1. The van der Waals surface area contributed by atoms with E-state index in [0.29, 0.717) is 24.8 Å². The van der Waals surface area contributed by atoms with Crippen LogP contribution < -0.4 is 0 Å². The van der Waals surface area contributed by atoms with Gasteiger partial charge in [-0.1, -0.05) is 0 Å². The van der Waals surface area contributed by atoms with E-state index in [1.54, 1.807) is 16.9 Å². The second-order valence-corrected chi connectivity index (χ2v) is 7.06. The molecule has 22 heavy (non-hydrogen) atoms. The van der Waals surface area contributed by atoms with Crippen molar-refractivity contribution in [2.24, 2.45) is 24.3 Å². The predicted octanol–water partition coefficient (Wildman–Crippen LogP) is 0.935. The number of carbonyl (C=O) groups is 1. The molecule has 6 heteroatoms. The first-order valence-electron chi connectivity index (χ1n) is 8.11. The maximum absolute atomic E-state index is 12.7. The Morgan fingerprint density at radius 1 is 1.55 bits per heavy atom. The van der Waals surface area contributed by atoms with E-state index in [2.05, 4.69) is 5.10 Å². The van der Waals surface area contributed by atoms with Crippen LogP contribution in [0.4, 0.5) is 0 Å². The molecular formula is C16H23N3O3. The number of ether oxygens (including phenoxy) is 2. The molecule has 1 aliphatic carbocycles. The molecule has 1 aromatic rings. The third-order valence-electron chi connectivity index (χ3n) is 5.29. The molecule has 0 radical (unpaired) electrons. The topological polar surface area (TPSA) is 56.6 Å². The second kappa shape index (κ2) is 5.35. The molecule has 1 aromatic heterocycles. The zero-order chi connectivity index (χ0) is 15.2. The van der Waals surface area contributed by atoms with Gasteiger partial charge in [0.2, 0.25) is 0 Å². The molecule has 0 bridgehead atoms. The Hall–Kier alpha value is -1.40. The number of nitrogens with zero attached hydrogens (tertiary/aromatic N) is 3. The quantitative estimate of drug-likeness (QED) is 0.812. The van der Waals surface area contributed by atoms with Gasteiger partial charge in [-0.05, 0) is 24.8 Å². The molecule has 3 aliphatic rings.